The number of amides is 1. The number of nitrogens with two attached hydrogens (primary N) is 1. The van der Waals surface area contributed by atoms with Gasteiger partial charge in [-0.15, -0.1) is 0 Å². The quantitative estimate of drug-likeness (QED) is 0.853. The number of nitrogens with zero attached hydrogens (tertiary/aromatic N) is 2. The van der Waals surface area contributed by atoms with Gasteiger partial charge in [0.05, 0.1) is 10.7 Å². The van der Waals surface area contributed by atoms with Gasteiger partial charge in [-0.3, -0.25) is 4.79 Å². The molecule has 0 unspecified atom stereocenters. The Balaban J connectivity index is 2.22. The van der Waals surface area contributed by atoms with Gasteiger partial charge in [-0.1, -0.05) is 11.6 Å². The van der Waals surface area contributed by atoms with Crippen molar-refractivity contribution in [3.8, 4) is 0 Å². The molecule has 0 aliphatic heterocycles. The van der Waals surface area contributed by atoms with Crippen LogP contribution in [0, 0.1) is 5.82 Å². The van der Waals surface area contributed by atoms with Crippen LogP contribution in [0.5, 0.6) is 0 Å². The minimum absolute atomic E-state index is 0.0633. The summed E-state index contributed by atoms with van der Waals surface area (Å²) in [5.41, 5.74) is 5.41. The number of halogens is 2. The molecule has 1 aromatic heterocycles. The van der Waals surface area contributed by atoms with Gasteiger partial charge in [0.25, 0.3) is 5.91 Å². The molecule has 0 saturated heterocycles. The van der Waals surface area contributed by atoms with Gasteiger partial charge in [-0.25, -0.2) is 9.02 Å². The number of anilines is 2. The molecule has 17 heavy (non-hydrogen) atoms. The van der Waals surface area contributed by atoms with E-state index >= 15 is 0 Å². The van der Waals surface area contributed by atoms with Crippen molar-refractivity contribution in [2.24, 2.45) is 0 Å². The summed E-state index contributed by atoms with van der Waals surface area (Å²) < 4.78 is 17.0. The maximum absolute atomic E-state index is 12.8. The zero-order valence-electron chi connectivity index (χ0n) is 8.28. The Labute approximate surface area is 99.5 Å². The van der Waals surface area contributed by atoms with Crippen LogP contribution in [0.15, 0.2) is 22.8 Å². The predicted molar refractivity (Wildman–Crippen MR) is 58.1 cm³/mol. The molecule has 0 bridgehead atoms. The summed E-state index contributed by atoms with van der Waals surface area (Å²) in [5, 5.41) is 9.04. The molecule has 0 spiro atoms. The third-order valence-electron chi connectivity index (χ3n) is 1.91. The fourth-order valence-electron chi connectivity index (χ4n) is 1.13. The van der Waals surface area contributed by atoms with Crippen molar-refractivity contribution in [3.63, 3.8) is 0 Å². The molecule has 6 nitrogen and oxygen atoms in total. The van der Waals surface area contributed by atoms with Crippen molar-refractivity contribution in [2.45, 2.75) is 0 Å². The normalized spacial score (nSPS) is 10.2. The van der Waals surface area contributed by atoms with Crippen LogP contribution < -0.4 is 11.1 Å². The van der Waals surface area contributed by atoms with E-state index in [4.69, 9.17) is 17.3 Å². The number of carbonyl (C=O) groups excluding carboxylic acids is 1. The topological polar surface area (TPSA) is 94.0 Å². The highest BCUT2D eigenvalue weighted by molar-refractivity contribution is 6.33. The second-order valence-electron chi connectivity index (χ2n) is 3.08. The number of benzene rings is 1. The number of aromatic nitrogens is 2. The maximum atomic E-state index is 12.8. The molecular weight excluding hydrogens is 251 g/mol. The fourth-order valence-corrected chi connectivity index (χ4v) is 1.34. The average Bonchev–Trinajstić information content (AvgIpc) is 2.68. The highest BCUT2D eigenvalue weighted by Gasteiger charge is 2.17. The van der Waals surface area contributed by atoms with E-state index in [-0.39, 0.29) is 22.2 Å². The van der Waals surface area contributed by atoms with Gasteiger partial charge in [0.15, 0.2) is 0 Å². The molecule has 1 amide bonds. The van der Waals surface area contributed by atoms with E-state index in [0.29, 0.717) is 0 Å². The number of rotatable bonds is 2. The Kier molecular flexibility index (Phi) is 2.92. The van der Waals surface area contributed by atoms with Crippen LogP contribution >= 0.6 is 11.6 Å². The first-order valence-electron chi connectivity index (χ1n) is 4.42. The number of nitrogens with one attached hydrogen (secondary N) is 1. The molecule has 0 saturated carbocycles. The summed E-state index contributed by atoms with van der Waals surface area (Å²) in [7, 11) is 0. The number of carbonyl (C=O) groups is 1. The van der Waals surface area contributed by atoms with Crippen LogP contribution in [0.3, 0.4) is 0 Å². The van der Waals surface area contributed by atoms with Gasteiger partial charge >= 0.3 is 0 Å². The first-order valence-corrected chi connectivity index (χ1v) is 4.80. The average molecular weight is 257 g/mol. The third-order valence-corrected chi connectivity index (χ3v) is 2.22. The fraction of sp³-hybridized carbons (Fsp3) is 0. The Hall–Kier alpha value is -2.15. The molecule has 0 radical (unpaired) electrons. The Bertz CT molecular complexity index is 572. The van der Waals surface area contributed by atoms with Crippen LogP contribution in [0.2, 0.25) is 5.02 Å². The smallest absolute Gasteiger partial charge is 0.281 e. The summed E-state index contributed by atoms with van der Waals surface area (Å²) in [6.07, 6.45) is 0. The van der Waals surface area contributed by atoms with E-state index < -0.39 is 11.7 Å². The van der Waals surface area contributed by atoms with Crippen LogP contribution in [0.25, 0.3) is 0 Å². The van der Waals surface area contributed by atoms with Crippen molar-refractivity contribution in [3.05, 3.63) is 34.7 Å². The highest BCUT2D eigenvalue weighted by Crippen LogP contribution is 2.23. The van der Waals surface area contributed by atoms with E-state index in [1.165, 1.54) is 6.07 Å². The van der Waals surface area contributed by atoms with Crippen molar-refractivity contribution >= 4 is 29.0 Å². The number of hydrogen-bond acceptors (Lipinski definition) is 5. The van der Waals surface area contributed by atoms with Crippen LogP contribution in [0.4, 0.5) is 15.9 Å². The lowest BCUT2D eigenvalue weighted by Crippen LogP contribution is -2.14. The molecule has 0 aliphatic carbocycles. The highest BCUT2D eigenvalue weighted by atomic mass is 35.5. The molecule has 1 aromatic carbocycles. The second-order valence-corrected chi connectivity index (χ2v) is 3.48. The van der Waals surface area contributed by atoms with Gasteiger partial charge in [0.1, 0.15) is 5.82 Å². The van der Waals surface area contributed by atoms with Crippen LogP contribution in [-0.2, 0) is 0 Å². The van der Waals surface area contributed by atoms with Crippen LogP contribution in [0.1, 0.15) is 10.5 Å². The first kappa shape index (κ1) is 11.3. The predicted octanol–water partition coefficient (Wildman–Crippen LogP) is 1.70. The molecule has 2 aromatic rings. The molecule has 2 rings (SSSR count). The minimum atomic E-state index is -0.641. The summed E-state index contributed by atoms with van der Waals surface area (Å²) >= 11 is 5.73. The maximum Gasteiger partial charge on any atom is 0.281 e. The molecule has 0 atom stereocenters. The van der Waals surface area contributed by atoms with Crippen molar-refractivity contribution in [1.29, 1.82) is 0 Å². The van der Waals surface area contributed by atoms with Gasteiger partial charge in [-0.05, 0) is 28.5 Å². The Morgan fingerprint density at radius 2 is 2.24 bits per heavy atom. The van der Waals surface area contributed by atoms with Crippen LogP contribution in [-0.4, -0.2) is 16.2 Å². The monoisotopic (exact) mass is 256 g/mol. The van der Waals surface area contributed by atoms with Gasteiger partial charge in [0, 0.05) is 0 Å². The molecule has 3 N–H and O–H groups in total. The number of nitrogen functional groups attached to an aromatic ring is 1. The van der Waals surface area contributed by atoms with Crippen molar-refractivity contribution < 1.29 is 13.8 Å². The summed E-state index contributed by atoms with van der Waals surface area (Å²) in [6.45, 7) is 0. The molecule has 0 fully saturated rings. The lowest BCUT2D eigenvalue weighted by atomic mass is 10.3. The molecule has 0 aliphatic rings. The second kappa shape index (κ2) is 4.38. The minimum Gasteiger partial charge on any atom is -0.379 e. The van der Waals surface area contributed by atoms with Gasteiger partial charge in [-0.2, -0.15) is 0 Å². The summed E-state index contributed by atoms with van der Waals surface area (Å²) in [6, 6.07) is 3.55. The Morgan fingerprint density at radius 3 is 2.82 bits per heavy atom. The third kappa shape index (κ3) is 2.34. The van der Waals surface area contributed by atoms with Crippen molar-refractivity contribution in [2.75, 3.05) is 11.1 Å². The van der Waals surface area contributed by atoms with E-state index in [2.05, 4.69) is 20.3 Å². The number of hydrogen-bond donors (Lipinski definition) is 2. The SMILES string of the molecule is Nc1nonc1C(=O)Nc1ccc(F)cc1Cl. The molecule has 8 heteroatoms. The molecule has 1 heterocycles. The zero-order chi connectivity index (χ0) is 12.4. The van der Waals surface area contributed by atoms with E-state index in [1.54, 1.807) is 0 Å². The van der Waals surface area contributed by atoms with E-state index in [1.807, 2.05) is 0 Å². The van der Waals surface area contributed by atoms with Gasteiger partial charge < -0.3 is 11.1 Å². The van der Waals surface area contributed by atoms with Crippen molar-refractivity contribution in [1.82, 2.24) is 10.3 Å². The lowest BCUT2D eigenvalue weighted by Gasteiger charge is -2.04. The molecular formula is C9H6ClFN4O2. The summed E-state index contributed by atoms with van der Waals surface area (Å²) in [5.74, 6) is -1.28. The van der Waals surface area contributed by atoms with E-state index in [0.717, 1.165) is 12.1 Å². The van der Waals surface area contributed by atoms with E-state index in [9.17, 15) is 9.18 Å². The molecule has 88 valence electrons. The Morgan fingerprint density at radius 1 is 1.47 bits per heavy atom. The standard InChI is InChI=1S/C9H6ClFN4O2/c10-5-3-4(11)1-2-6(5)13-9(16)7-8(12)15-17-14-7/h1-3H,(H2,12,15)(H,13,16). The zero-order valence-corrected chi connectivity index (χ0v) is 9.03. The largest absolute Gasteiger partial charge is 0.379 e. The van der Waals surface area contributed by atoms with Gasteiger partial charge in [0.2, 0.25) is 11.5 Å². The first-order chi connectivity index (χ1) is 8.08. The lowest BCUT2D eigenvalue weighted by molar-refractivity contribution is 0.101. The summed E-state index contributed by atoms with van der Waals surface area (Å²) in [4.78, 5) is 11.6.